The standard InChI is InChI=1S/C13H13N3O3S/c1-15(8-10-3-2-6-20-10)13(17)9-4-5-11(14)12(7-9)16(18)19/h2-7H,8,14H2,1H3. The molecule has 0 fully saturated rings. The Hall–Kier alpha value is -2.41. The molecule has 0 radical (unpaired) electrons. The Morgan fingerprint density at radius 2 is 2.20 bits per heavy atom. The van der Waals surface area contributed by atoms with Crippen molar-refractivity contribution in [2.45, 2.75) is 6.54 Å². The summed E-state index contributed by atoms with van der Waals surface area (Å²) in [5.74, 6) is -0.276. The van der Waals surface area contributed by atoms with Crippen LogP contribution in [0.5, 0.6) is 0 Å². The molecule has 2 rings (SSSR count). The van der Waals surface area contributed by atoms with E-state index in [0.29, 0.717) is 6.54 Å². The maximum absolute atomic E-state index is 12.2. The number of thiophene rings is 1. The first kappa shape index (κ1) is 14.0. The fraction of sp³-hybridized carbons (Fsp3) is 0.154. The molecule has 7 heteroatoms. The van der Waals surface area contributed by atoms with Crippen molar-refractivity contribution in [1.29, 1.82) is 0 Å². The predicted molar refractivity (Wildman–Crippen MR) is 77.6 cm³/mol. The lowest BCUT2D eigenvalue weighted by Crippen LogP contribution is -2.25. The number of carbonyl (C=O) groups excluding carboxylic acids is 1. The summed E-state index contributed by atoms with van der Waals surface area (Å²) in [4.78, 5) is 25.0. The molecule has 0 saturated heterocycles. The number of nitrogen functional groups attached to an aromatic ring is 1. The van der Waals surface area contributed by atoms with E-state index in [1.54, 1.807) is 18.4 Å². The van der Waals surface area contributed by atoms with Crippen LogP contribution in [0.25, 0.3) is 0 Å². The number of carbonyl (C=O) groups is 1. The van der Waals surface area contributed by atoms with Crippen LogP contribution in [0, 0.1) is 10.1 Å². The minimum Gasteiger partial charge on any atom is -0.393 e. The minimum absolute atomic E-state index is 0.0486. The van der Waals surface area contributed by atoms with Crippen molar-refractivity contribution in [2.75, 3.05) is 12.8 Å². The van der Waals surface area contributed by atoms with Crippen LogP contribution in [0.15, 0.2) is 35.7 Å². The Labute approximate surface area is 119 Å². The highest BCUT2D eigenvalue weighted by atomic mass is 32.1. The molecule has 0 spiro atoms. The van der Waals surface area contributed by atoms with Crippen LogP contribution in [0.4, 0.5) is 11.4 Å². The number of nitro benzene ring substituents is 1. The summed E-state index contributed by atoms with van der Waals surface area (Å²) >= 11 is 1.55. The molecular weight excluding hydrogens is 278 g/mol. The highest BCUT2D eigenvalue weighted by molar-refractivity contribution is 7.09. The number of nitrogens with two attached hydrogens (primary N) is 1. The largest absolute Gasteiger partial charge is 0.393 e. The van der Waals surface area contributed by atoms with Crippen LogP contribution < -0.4 is 5.73 Å². The van der Waals surface area contributed by atoms with Gasteiger partial charge in [-0.05, 0) is 23.6 Å². The maximum atomic E-state index is 12.2. The van der Waals surface area contributed by atoms with Crippen molar-refractivity contribution in [3.05, 3.63) is 56.3 Å². The van der Waals surface area contributed by atoms with Gasteiger partial charge in [0, 0.05) is 23.6 Å². The Kier molecular flexibility index (Phi) is 3.99. The Balaban J connectivity index is 2.20. The van der Waals surface area contributed by atoms with Crippen LogP contribution in [0.2, 0.25) is 0 Å². The first-order valence-corrected chi connectivity index (χ1v) is 6.69. The highest BCUT2D eigenvalue weighted by Gasteiger charge is 2.18. The number of hydrogen-bond acceptors (Lipinski definition) is 5. The Morgan fingerprint density at radius 3 is 2.80 bits per heavy atom. The second-order valence-electron chi connectivity index (χ2n) is 4.27. The fourth-order valence-electron chi connectivity index (χ4n) is 1.76. The zero-order valence-corrected chi connectivity index (χ0v) is 11.6. The molecule has 0 atom stereocenters. The van der Waals surface area contributed by atoms with E-state index in [2.05, 4.69) is 0 Å². The number of benzene rings is 1. The van der Waals surface area contributed by atoms with Crippen molar-refractivity contribution in [1.82, 2.24) is 4.90 Å². The molecule has 0 bridgehead atoms. The smallest absolute Gasteiger partial charge is 0.292 e. The summed E-state index contributed by atoms with van der Waals surface area (Å²) in [6.45, 7) is 0.467. The van der Waals surface area contributed by atoms with Crippen molar-refractivity contribution < 1.29 is 9.72 Å². The number of anilines is 1. The molecule has 104 valence electrons. The Morgan fingerprint density at radius 1 is 1.45 bits per heavy atom. The third kappa shape index (κ3) is 2.94. The lowest BCUT2D eigenvalue weighted by molar-refractivity contribution is -0.383. The third-order valence-electron chi connectivity index (χ3n) is 2.79. The number of nitro groups is 1. The maximum Gasteiger partial charge on any atom is 0.292 e. The number of amides is 1. The predicted octanol–water partition coefficient (Wildman–Crippen LogP) is 2.51. The zero-order valence-electron chi connectivity index (χ0n) is 10.8. The fourth-order valence-corrected chi connectivity index (χ4v) is 2.52. The summed E-state index contributed by atoms with van der Waals surface area (Å²) in [6.07, 6.45) is 0. The van der Waals surface area contributed by atoms with E-state index in [0.717, 1.165) is 4.88 Å². The van der Waals surface area contributed by atoms with Gasteiger partial charge in [0.1, 0.15) is 5.69 Å². The summed E-state index contributed by atoms with van der Waals surface area (Å²) in [7, 11) is 1.66. The summed E-state index contributed by atoms with van der Waals surface area (Å²) in [5.41, 5.74) is 5.56. The molecule has 2 aromatic rings. The van der Waals surface area contributed by atoms with Gasteiger partial charge < -0.3 is 10.6 Å². The van der Waals surface area contributed by atoms with Crippen molar-refractivity contribution in [3.8, 4) is 0 Å². The number of hydrogen-bond donors (Lipinski definition) is 1. The molecule has 0 saturated carbocycles. The molecule has 2 N–H and O–H groups in total. The molecular formula is C13H13N3O3S. The first-order chi connectivity index (χ1) is 9.49. The topological polar surface area (TPSA) is 89.5 Å². The molecule has 0 aliphatic carbocycles. The zero-order chi connectivity index (χ0) is 14.7. The molecule has 0 aliphatic rings. The Bertz CT molecular complexity index is 640. The summed E-state index contributed by atoms with van der Waals surface area (Å²) < 4.78 is 0. The van der Waals surface area contributed by atoms with E-state index in [4.69, 9.17) is 5.73 Å². The van der Waals surface area contributed by atoms with Gasteiger partial charge in [0.25, 0.3) is 11.6 Å². The van der Waals surface area contributed by atoms with Gasteiger partial charge in [0.15, 0.2) is 0 Å². The average Bonchev–Trinajstić information content (AvgIpc) is 2.91. The summed E-state index contributed by atoms with van der Waals surface area (Å²) in [5, 5.41) is 12.8. The molecule has 20 heavy (non-hydrogen) atoms. The van der Waals surface area contributed by atoms with Gasteiger partial charge in [-0.15, -0.1) is 11.3 Å². The van der Waals surface area contributed by atoms with Crippen LogP contribution in [0.1, 0.15) is 15.2 Å². The molecule has 1 aromatic carbocycles. The van der Waals surface area contributed by atoms with Gasteiger partial charge in [-0.2, -0.15) is 0 Å². The quantitative estimate of drug-likeness (QED) is 0.532. The van der Waals surface area contributed by atoms with Crippen LogP contribution in [-0.4, -0.2) is 22.8 Å². The van der Waals surface area contributed by atoms with E-state index >= 15 is 0 Å². The van der Waals surface area contributed by atoms with Gasteiger partial charge in [-0.3, -0.25) is 14.9 Å². The molecule has 0 unspecified atom stereocenters. The van der Waals surface area contributed by atoms with E-state index < -0.39 is 4.92 Å². The molecule has 6 nitrogen and oxygen atoms in total. The summed E-state index contributed by atoms with van der Waals surface area (Å²) in [6, 6.07) is 7.93. The van der Waals surface area contributed by atoms with E-state index in [-0.39, 0.29) is 22.8 Å². The molecule has 1 heterocycles. The van der Waals surface area contributed by atoms with Gasteiger partial charge in [0.05, 0.1) is 11.5 Å². The van der Waals surface area contributed by atoms with Crippen molar-refractivity contribution >= 4 is 28.6 Å². The van der Waals surface area contributed by atoms with Gasteiger partial charge >= 0.3 is 0 Å². The van der Waals surface area contributed by atoms with Crippen LogP contribution in [0.3, 0.4) is 0 Å². The van der Waals surface area contributed by atoms with E-state index in [1.807, 2.05) is 17.5 Å². The molecule has 1 aromatic heterocycles. The lowest BCUT2D eigenvalue weighted by Gasteiger charge is -2.16. The average molecular weight is 291 g/mol. The molecule has 1 amide bonds. The second-order valence-corrected chi connectivity index (χ2v) is 5.30. The minimum atomic E-state index is -0.592. The normalized spacial score (nSPS) is 10.2. The van der Waals surface area contributed by atoms with Crippen molar-refractivity contribution in [3.63, 3.8) is 0 Å². The van der Waals surface area contributed by atoms with Gasteiger partial charge in [0.2, 0.25) is 0 Å². The van der Waals surface area contributed by atoms with E-state index in [1.165, 1.54) is 23.1 Å². The number of rotatable bonds is 4. The van der Waals surface area contributed by atoms with Gasteiger partial charge in [-0.1, -0.05) is 6.07 Å². The lowest BCUT2D eigenvalue weighted by atomic mass is 10.1. The van der Waals surface area contributed by atoms with Crippen molar-refractivity contribution in [2.24, 2.45) is 0 Å². The monoisotopic (exact) mass is 291 g/mol. The second kappa shape index (κ2) is 5.70. The van der Waals surface area contributed by atoms with Crippen LogP contribution in [-0.2, 0) is 6.54 Å². The SMILES string of the molecule is CN(Cc1cccs1)C(=O)c1ccc(N)c([N+](=O)[O-])c1. The van der Waals surface area contributed by atoms with E-state index in [9.17, 15) is 14.9 Å². The highest BCUT2D eigenvalue weighted by Crippen LogP contribution is 2.23. The van der Waals surface area contributed by atoms with Crippen LogP contribution >= 0.6 is 11.3 Å². The first-order valence-electron chi connectivity index (χ1n) is 5.81. The van der Waals surface area contributed by atoms with Gasteiger partial charge in [-0.25, -0.2) is 0 Å². The molecule has 0 aliphatic heterocycles. The third-order valence-corrected chi connectivity index (χ3v) is 3.66. The number of nitrogens with zero attached hydrogens (tertiary/aromatic N) is 2.